The lowest BCUT2D eigenvalue weighted by Gasteiger charge is -2.79. The van der Waals surface area contributed by atoms with E-state index in [2.05, 4.69) is 13.8 Å². The van der Waals surface area contributed by atoms with E-state index in [1.165, 1.54) is 35.5 Å². The molecule has 5 rings (SSSR count). The Bertz CT molecular complexity index is 325. The molecule has 0 saturated heterocycles. The summed E-state index contributed by atoms with van der Waals surface area (Å²) in [5.41, 5.74) is 0.962. The maximum absolute atomic E-state index is 2.54. The van der Waals surface area contributed by atoms with Gasteiger partial charge >= 0.3 is 0 Å². The third-order valence-corrected chi connectivity index (χ3v) is 7.69. The SMILES string of the molecule is CC1C(C)C2C1C1C3CC21C1CCC31. The minimum Gasteiger partial charge on any atom is -0.0620 e. The molecule has 9 unspecified atom stereocenters. The Hall–Kier alpha value is 0. The number of hydrogen-bond acceptors (Lipinski definition) is 0. The largest absolute Gasteiger partial charge is 0.0620 e. The summed E-state index contributed by atoms with van der Waals surface area (Å²) >= 11 is 0. The van der Waals surface area contributed by atoms with Crippen molar-refractivity contribution in [3.05, 3.63) is 0 Å². The van der Waals surface area contributed by atoms with Crippen molar-refractivity contribution in [3.63, 3.8) is 0 Å². The maximum Gasteiger partial charge on any atom is -0.0196 e. The second-order valence-corrected chi connectivity index (χ2v) is 7.18. The highest BCUT2D eigenvalue weighted by molar-refractivity contribution is 5.33. The van der Waals surface area contributed by atoms with Gasteiger partial charge in [-0.2, -0.15) is 0 Å². The van der Waals surface area contributed by atoms with E-state index in [1.807, 2.05) is 0 Å². The van der Waals surface area contributed by atoms with E-state index in [-0.39, 0.29) is 0 Å². The Morgan fingerprint density at radius 1 is 0.929 bits per heavy atom. The smallest absolute Gasteiger partial charge is 0.0196 e. The number of rotatable bonds is 0. The fourth-order valence-corrected chi connectivity index (χ4v) is 7.17. The van der Waals surface area contributed by atoms with Gasteiger partial charge in [-0.05, 0) is 72.0 Å². The molecule has 5 aliphatic rings. The molecule has 5 aliphatic carbocycles. The van der Waals surface area contributed by atoms with E-state index in [9.17, 15) is 0 Å². The second kappa shape index (κ2) is 1.72. The molecule has 0 spiro atoms. The fourth-order valence-electron chi connectivity index (χ4n) is 7.17. The van der Waals surface area contributed by atoms with Gasteiger partial charge in [0.25, 0.3) is 0 Å². The van der Waals surface area contributed by atoms with Crippen LogP contribution in [-0.2, 0) is 0 Å². The zero-order valence-electron chi connectivity index (χ0n) is 9.24. The van der Waals surface area contributed by atoms with Crippen molar-refractivity contribution in [2.24, 2.45) is 52.8 Å². The predicted octanol–water partition coefficient (Wildman–Crippen LogP) is 3.18. The third-order valence-electron chi connectivity index (χ3n) is 7.69. The second-order valence-electron chi connectivity index (χ2n) is 7.18. The van der Waals surface area contributed by atoms with Crippen LogP contribution in [0.15, 0.2) is 0 Å². The summed E-state index contributed by atoms with van der Waals surface area (Å²) < 4.78 is 0. The van der Waals surface area contributed by atoms with Crippen LogP contribution in [0.2, 0.25) is 0 Å². The Morgan fingerprint density at radius 3 is 2.50 bits per heavy atom. The average Bonchev–Trinajstić information content (AvgIpc) is 2.40. The van der Waals surface area contributed by atoms with Crippen molar-refractivity contribution in [3.8, 4) is 0 Å². The summed E-state index contributed by atoms with van der Waals surface area (Å²) in [6.45, 7) is 5.06. The molecule has 0 N–H and O–H groups in total. The summed E-state index contributed by atoms with van der Waals surface area (Å²) in [5.74, 6) is 9.50. The standard InChI is InChI=1S/C14H20/c1-6-7(2)12-11(6)13-9-5-14(12,13)10-4-3-8(9)10/h6-13H,3-5H2,1-2H3. The first-order valence-electron chi connectivity index (χ1n) is 6.77. The highest BCUT2D eigenvalue weighted by Gasteiger charge is 2.86. The molecule has 0 amide bonds. The minimum absolute atomic E-state index is 0.962. The first-order chi connectivity index (χ1) is 6.77. The third kappa shape index (κ3) is 0.403. The van der Waals surface area contributed by atoms with Gasteiger partial charge < -0.3 is 0 Å². The average molecular weight is 188 g/mol. The maximum atomic E-state index is 2.54. The molecular formula is C14H20. The highest BCUT2D eigenvalue weighted by Crippen LogP contribution is 2.91. The molecule has 76 valence electrons. The van der Waals surface area contributed by atoms with Crippen LogP contribution in [0.3, 0.4) is 0 Å². The number of hydrogen-bond donors (Lipinski definition) is 0. The van der Waals surface area contributed by atoms with Crippen LogP contribution in [0.5, 0.6) is 0 Å². The molecular weight excluding hydrogens is 168 g/mol. The Labute approximate surface area is 86.5 Å². The van der Waals surface area contributed by atoms with Crippen LogP contribution >= 0.6 is 0 Å². The van der Waals surface area contributed by atoms with Gasteiger partial charge in [-0.1, -0.05) is 13.8 Å². The van der Waals surface area contributed by atoms with E-state index in [1.54, 1.807) is 19.3 Å². The van der Waals surface area contributed by atoms with Gasteiger partial charge in [-0.3, -0.25) is 0 Å². The predicted molar refractivity (Wildman–Crippen MR) is 55.6 cm³/mol. The molecule has 9 atom stereocenters. The first kappa shape index (κ1) is 7.30. The van der Waals surface area contributed by atoms with Crippen molar-refractivity contribution in [1.29, 1.82) is 0 Å². The molecule has 0 heterocycles. The van der Waals surface area contributed by atoms with Crippen molar-refractivity contribution in [1.82, 2.24) is 0 Å². The molecule has 5 fully saturated rings. The van der Waals surface area contributed by atoms with Crippen molar-refractivity contribution >= 4 is 0 Å². The summed E-state index contributed by atoms with van der Waals surface area (Å²) in [6, 6.07) is 0. The molecule has 0 aromatic rings. The zero-order valence-corrected chi connectivity index (χ0v) is 9.24. The lowest BCUT2D eigenvalue weighted by atomic mass is 9.25. The molecule has 0 radical (unpaired) electrons. The van der Waals surface area contributed by atoms with Crippen LogP contribution in [0.1, 0.15) is 33.1 Å². The molecule has 0 aliphatic heterocycles. The molecule has 0 nitrogen and oxygen atoms in total. The molecule has 0 heteroatoms. The summed E-state index contributed by atoms with van der Waals surface area (Å²) in [5, 5.41) is 0. The Balaban J connectivity index is 1.61. The van der Waals surface area contributed by atoms with E-state index in [4.69, 9.17) is 0 Å². The monoisotopic (exact) mass is 188 g/mol. The topological polar surface area (TPSA) is 0 Å². The van der Waals surface area contributed by atoms with Gasteiger partial charge in [-0.15, -0.1) is 0 Å². The molecule has 0 aromatic heterocycles. The van der Waals surface area contributed by atoms with Crippen molar-refractivity contribution in [2.45, 2.75) is 33.1 Å². The van der Waals surface area contributed by atoms with E-state index < -0.39 is 0 Å². The van der Waals surface area contributed by atoms with Gasteiger partial charge in [-0.25, -0.2) is 0 Å². The van der Waals surface area contributed by atoms with Crippen molar-refractivity contribution in [2.75, 3.05) is 0 Å². The summed E-state index contributed by atoms with van der Waals surface area (Å²) in [6.07, 6.45) is 4.89. The molecule has 0 aromatic carbocycles. The van der Waals surface area contributed by atoms with Gasteiger partial charge in [0.05, 0.1) is 0 Å². The fraction of sp³-hybridized carbons (Fsp3) is 1.00. The Morgan fingerprint density at radius 2 is 1.79 bits per heavy atom. The van der Waals surface area contributed by atoms with E-state index >= 15 is 0 Å². The van der Waals surface area contributed by atoms with Gasteiger partial charge in [0.1, 0.15) is 0 Å². The number of fused-ring (bicyclic) bond motifs is 3. The normalized spacial score (nSPS) is 81.0. The van der Waals surface area contributed by atoms with E-state index in [0.29, 0.717) is 0 Å². The zero-order chi connectivity index (χ0) is 9.24. The van der Waals surface area contributed by atoms with Crippen LogP contribution in [0.4, 0.5) is 0 Å². The summed E-state index contributed by atoms with van der Waals surface area (Å²) in [7, 11) is 0. The Kier molecular flexibility index (Phi) is 0.897. The van der Waals surface area contributed by atoms with Crippen LogP contribution in [0.25, 0.3) is 0 Å². The van der Waals surface area contributed by atoms with Crippen LogP contribution < -0.4 is 0 Å². The van der Waals surface area contributed by atoms with E-state index in [0.717, 1.165) is 17.3 Å². The van der Waals surface area contributed by atoms with Gasteiger partial charge in [0, 0.05) is 0 Å². The lowest BCUT2D eigenvalue weighted by molar-refractivity contribution is -0.317. The lowest BCUT2D eigenvalue weighted by Crippen LogP contribution is -2.74. The van der Waals surface area contributed by atoms with Gasteiger partial charge in [0.2, 0.25) is 0 Å². The minimum atomic E-state index is 0.962. The highest BCUT2D eigenvalue weighted by atomic mass is 14.9. The molecule has 2 bridgehead atoms. The van der Waals surface area contributed by atoms with Crippen LogP contribution in [-0.4, -0.2) is 0 Å². The molecule has 5 saturated carbocycles. The van der Waals surface area contributed by atoms with Crippen LogP contribution in [0, 0.1) is 52.8 Å². The first-order valence-corrected chi connectivity index (χ1v) is 6.77. The molecule has 14 heavy (non-hydrogen) atoms. The van der Waals surface area contributed by atoms with Gasteiger partial charge in [0.15, 0.2) is 0 Å². The quantitative estimate of drug-likeness (QED) is 0.547. The summed E-state index contributed by atoms with van der Waals surface area (Å²) in [4.78, 5) is 0. The van der Waals surface area contributed by atoms with Crippen molar-refractivity contribution < 1.29 is 0 Å².